The molecule has 0 N–H and O–H groups in total. The van der Waals surface area contributed by atoms with Crippen molar-refractivity contribution in [2.24, 2.45) is 0 Å². The van der Waals surface area contributed by atoms with Gasteiger partial charge in [0.15, 0.2) is 6.79 Å². The highest BCUT2D eigenvalue weighted by Gasteiger charge is 2.05. The van der Waals surface area contributed by atoms with Gasteiger partial charge in [0.05, 0.1) is 5.69 Å². The first-order valence-corrected chi connectivity index (χ1v) is 4.35. The van der Waals surface area contributed by atoms with Gasteiger partial charge in [-0.3, -0.25) is 4.98 Å². The maximum Gasteiger partial charge on any atom is 0.188 e. The fraction of sp³-hybridized carbons (Fsp3) is 0.500. The lowest BCUT2D eigenvalue weighted by atomic mass is 10.2. The van der Waals surface area contributed by atoms with Crippen LogP contribution < -0.4 is 4.74 Å². The standard InChI is InChI=1S/C10H15NO2/c1-4-9-10(13-7-12-3)8(2)5-6-11-9/h5-6H,4,7H2,1-3H3. The van der Waals surface area contributed by atoms with Crippen LogP contribution in [0.1, 0.15) is 18.2 Å². The van der Waals surface area contributed by atoms with Gasteiger partial charge in [0.1, 0.15) is 5.75 Å². The lowest BCUT2D eigenvalue weighted by Gasteiger charge is -2.10. The van der Waals surface area contributed by atoms with Crippen LogP contribution >= 0.6 is 0 Å². The van der Waals surface area contributed by atoms with Crippen molar-refractivity contribution >= 4 is 0 Å². The molecule has 3 nitrogen and oxygen atoms in total. The summed E-state index contributed by atoms with van der Waals surface area (Å²) in [7, 11) is 1.61. The van der Waals surface area contributed by atoms with Gasteiger partial charge < -0.3 is 9.47 Å². The monoisotopic (exact) mass is 181 g/mol. The van der Waals surface area contributed by atoms with Crippen molar-refractivity contribution in [2.45, 2.75) is 20.3 Å². The highest BCUT2D eigenvalue weighted by molar-refractivity contribution is 5.35. The van der Waals surface area contributed by atoms with E-state index in [1.54, 1.807) is 13.3 Å². The van der Waals surface area contributed by atoms with Gasteiger partial charge in [-0.05, 0) is 25.0 Å². The zero-order valence-electron chi connectivity index (χ0n) is 8.33. The Bertz CT molecular complexity index is 274. The molecule has 0 aliphatic carbocycles. The fourth-order valence-electron chi connectivity index (χ4n) is 1.17. The second-order valence-corrected chi connectivity index (χ2v) is 2.81. The first kappa shape index (κ1) is 9.99. The molecule has 0 bridgehead atoms. The summed E-state index contributed by atoms with van der Waals surface area (Å²) in [5.74, 6) is 0.854. The van der Waals surface area contributed by atoms with E-state index in [1.165, 1.54) is 0 Å². The molecule has 0 aliphatic heterocycles. The summed E-state index contributed by atoms with van der Waals surface area (Å²) in [6.45, 7) is 4.34. The van der Waals surface area contributed by atoms with Crippen LogP contribution in [0, 0.1) is 6.92 Å². The van der Waals surface area contributed by atoms with E-state index in [1.807, 2.05) is 13.0 Å². The number of hydrogen-bond acceptors (Lipinski definition) is 3. The van der Waals surface area contributed by atoms with E-state index in [-0.39, 0.29) is 6.79 Å². The Morgan fingerprint density at radius 3 is 2.85 bits per heavy atom. The van der Waals surface area contributed by atoms with E-state index >= 15 is 0 Å². The van der Waals surface area contributed by atoms with E-state index in [0.29, 0.717) is 0 Å². The van der Waals surface area contributed by atoms with Crippen molar-refractivity contribution in [3.63, 3.8) is 0 Å². The molecule has 1 rings (SSSR count). The zero-order chi connectivity index (χ0) is 9.68. The molecular formula is C10H15NO2. The number of rotatable bonds is 4. The Morgan fingerprint density at radius 2 is 2.23 bits per heavy atom. The minimum absolute atomic E-state index is 0.277. The van der Waals surface area contributed by atoms with E-state index < -0.39 is 0 Å². The van der Waals surface area contributed by atoms with Gasteiger partial charge in [-0.25, -0.2) is 0 Å². The molecule has 13 heavy (non-hydrogen) atoms. The van der Waals surface area contributed by atoms with Crippen LogP contribution in [0.15, 0.2) is 12.3 Å². The number of nitrogens with zero attached hydrogens (tertiary/aromatic N) is 1. The van der Waals surface area contributed by atoms with E-state index in [4.69, 9.17) is 9.47 Å². The van der Waals surface area contributed by atoms with Crippen molar-refractivity contribution < 1.29 is 9.47 Å². The highest BCUT2D eigenvalue weighted by Crippen LogP contribution is 2.21. The molecule has 0 spiro atoms. The van der Waals surface area contributed by atoms with Crippen molar-refractivity contribution in [2.75, 3.05) is 13.9 Å². The molecule has 1 heterocycles. The first-order valence-electron chi connectivity index (χ1n) is 4.35. The van der Waals surface area contributed by atoms with Gasteiger partial charge in [-0.1, -0.05) is 6.92 Å². The SMILES string of the molecule is CCc1nccc(C)c1OCOC. The van der Waals surface area contributed by atoms with Gasteiger partial charge in [0, 0.05) is 13.3 Å². The third-order valence-corrected chi connectivity index (χ3v) is 1.83. The Kier molecular flexibility index (Phi) is 3.71. The van der Waals surface area contributed by atoms with Crippen LogP contribution in [0.4, 0.5) is 0 Å². The third kappa shape index (κ3) is 2.42. The maximum absolute atomic E-state index is 5.42. The Balaban J connectivity index is 2.87. The predicted octanol–water partition coefficient (Wildman–Crippen LogP) is 1.94. The molecule has 0 radical (unpaired) electrons. The molecular weight excluding hydrogens is 166 g/mol. The minimum atomic E-state index is 0.277. The van der Waals surface area contributed by atoms with Gasteiger partial charge in [-0.15, -0.1) is 0 Å². The van der Waals surface area contributed by atoms with E-state index in [0.717, 1.165) is 23.4 Å². The Labute approximate surface area is 78.7 Å². The molecule has 1 aromatic heterocycles. The second-order valence-electron chi connectivity index (χ2n) is 2.81. The van der Waals surface area contributed by atoms with Gasteiger partial charge >= 0.3 is 0 Å². The van der Waals surface area contributed by atoms with Crippen LogP contribution in [0.3, 0.4) is 0 Å². The summed E-state index contributed by atoms with van der Waals surface area (Å²) in [6.07, 6.45) is 2.68. The highest BCUT2D eigenvalue weighted by atomic mass is 16.7. The molecule has 1 aromatic rings. The summed E-state index contributed by atoms with van der Waals surface area (Å²) in [4.78, 5) is 4.23. The topological polar surface area (TPSA) is 31.4 Å². The lowest BCUT2D eigenvalue weighted by Crippen LogP contribution is -2.04. The Morgan fingerprint density at radius 1 is 1.46 bits per heavy atom. The van der Waals surface area contributed by atoms with Gasteiger partial charge in [0.25, 0.3) is 0 Å². The van der Waals surface area contributed by atoms with Crippen LogP contribution in [0.25, 0.3) is 0 Å². The van der Waals surface area contributed by atoms with Gasteiger partial charge in [-0.2, -0.15) is 0 Å². The molecule has 3 heteroatoms. The molecule has 0 unspecified atom stereocenters. The second kappa shape index (κ2) is 4.82. The maximum atomic E-state index is 5.42. The number of aromatic nitrogens is 1. The normalized spacial score (nSPS) is 10.1. The molecule has 0 fully saturated rings. The minimum Gasteiger partial charge on any atom is -0.465 e. The van der Waals surface area contributed by atoms with Crippen LogP contribution in [-0.2, 0) is 11.2 Å². The third-order valence-electron chi connectivity index (χ3n) is 1.83. The number of hydrogen-bond donors (Lipinski definition) is 0. The first-order chi connectivity index (χ1) is 6.29. The summed E-state index contributed by atoms with van der Waals surface area (Å²) in [6, 6.07) is 1.93. The number of pyridine rings is 1. The fourth-order valence-corrected chi connectivity index (χ4v) is 1.17. The quantitative estimate of drug-likeness (QED) is 0.665. The molecule has 0 atom stereocenters. The average molecular weight is 181 g/mol. The smallest absolute Gasteiger partial charge is 0.188 e. The van der Waals surface area contributed by atoms with Crippen LogP contribution in [0.5, 0.6) is 5.75 Å². The van der Waals surface area contributed by atoms with E-state index in [9.17, 15) is 0 Å². The van der Waals surface area contributed by atoms with Crippen LogP contribution in [0.2, 0.25) is 0 Å². The van der Waals surface area contributed by atoms with Crippen molar-refractivity contribution in [1.29, 1.82) is 0 Å². The summed E-state index contributed by atoms with van der Waals surface area (Å²) in [5, 5.41) is 0. The van der Waals surface area contributed by atoms with Crippen molar-refractivity contribution in [3.05, 3.63) is 23.5 Å². The lowest BCUT2D eigenvalue weighted by molar-refractivity contribution is 0.0496. The largest absolute Gasteiger partial charge is 0.465 e. The van der Waals surface area contributed by atoms with Crippen molar-refractivity contribution in [3.8, 4) is 5.75 Å². The summed E-state index contributed by atoms with van der Waals surface area (Å²) >= 11 is 0. The molecule has 0 saturated carbocycles. The predicted molar refractivity (Wildman–Crippen MR) is 50.9 cm³/mol. The number of ether oxygens (including phenoxy) is 2. The molecule has 0 amide bonds. The molecule has 72 valence electrons. The molecule has 0 aliphatic rings. The molecule has 0 saturated heterocycles. The number of aryl methyl sites for hydroxylation is 2. The van der Waals surface area contributed by atoms with Crippen LogP contribution in [-0.4, -0.2) is 18.9 Å². The zero-order valence-corrected chi connectivity index (χ0v) is 8.33. The molecule has 0 aromatic carbocycles. The summed E-state index contributed by atoms with van der Waals surface area (Å²) < 4.78 is 10.3. The summed E-state index contributed by atoms with van der Waals surface area (Å²) in [5.41, 5.74) is 2.08. The van der Waals surface area contributed by atoms with E-state index in [2.05, 4.69) is 11.9 Å². The average Bonchev–Trinajstić information content (AvgIpc) is 2.15. The van der Waals surface area contributed by atoms with Gasteiger partial charge in [0.2, 0.25) is 0 Å². The number of methoxy groups -OCH3 is 1. The van der Waals surface area contributed by atoms with Crippen molar-refractivity contribution in [1.82, 2.24) is 4.98 Å². The Hall–Kier alpha value is -1.09.